The highest BCUT2D eigenvalue weighted by molar-refractivity contribution is 5.86. The topological polar surface area (TPSA) is 18.5 Å². The van der Waals surface area contributed by atoms with Crippen molar-refractivity contribution in [1.29, 1.82) is 0 Å². The second-order valence-corrected chi connectivity index (χ2v) is 8.67. The molecule has 4 aromatic rings. The summed E-state index contributed by atoms with van der Waals surface area (Å²) in [5.41, 5.74) is 9.64. The van der Waals surface area contributed by atoms with Gasteiger partial charge in [-0.25, -0.2) is 0 Å². The lowest BCUT2D eigenvalue weighted by Crippen LogP contribution is -2.29. The molecular weight excluding hydrogens is 404 g/mol. The van der Waals surface area contributed by atoms with Gasteiger partial charge < -0.3 is 9.47 Å². The minimum absolute atomic E-state index is 0.405. The highest BCUT2D eigenvalue weighted by atomic mass is 16.5. The van der Waals surface area contributed by atoms with Gasteiger partial charge in [-0.05, 0) is 84.3 Å². The van der Waals surface area contributed by atoms with Gasteiger partial charge in [0.05, 0.1) is 18.6 Å². The van der Waals surface area contributed by atoms with E-state index in [2.05, 4.69) is 98.8 Å². The molecule has 0 heterocycles. The molecule has 1 aliphatic rings. The minimum Gasteiger partial charge on any atom is -0.494 e. The summed E-state index contributed by atoms with van der Waals surface area (Å²) in [4.78, 5) is 0. The van der Waals surface area contributed by atoms with Crippen LogP contribution in [0.2, 0.25) is 0 Å². The third-order valence-corrected chi connectivity index (χ3v) is 6.77. The van der Waals surface area contributed by atoms with E-state index in [0.29, 0.717) is 13.2 Å². The van der Waals surface area contributed by atoms with Gasteiger partial charge in [0.1, 0.15) is 11.5 Å². The van der Waals surface area contributed by atoms with Gasteiger partial charge in [-0.1, -0.05) is 72.8 Å². The molecule has 33 heavy (non-hydrogen) atoms. The van der Waals surface area contributed by atoms with Crippen LogP contribution in [0.1, 0.15) is 47.2 Å². The number of hydrogen-bond acceptors (Lipinski definition) is 2. The van der Waals surface area contributed by atoms with Gasteiger partial charge in [0, 0.05) is 0 Å². The number of aryl methyl sites for hydroxylation is 2. The molecular formula is C31H30O2. The summed E-state index contributed by atoms with van der Waals surface area (Å²) in [6.45, 7) is 9.66. The molecule has 0 aliphatic heterocycles. The van der Waals surface area contributed by atoms with Gasteiger partial charge in [0.25, 0.3) is 0 Å². The Kier molecular flexibility index (Phi) is 5.46. The average Bonchev–Trinajstić information content (AvgIpc) is 3.13. The molecule has 2 heteroatoms. The van der Waals surface area contributed by atoms with Crippen LogP contribution in [0.15, 0.2) is 84.9 Å². The van der Waals surface area contributed by atoms with Crippen molar-refractivity contribution in [2.45, 2.75) is 33.1 Å². The fourth-order valence-electron chi connectivity index (χ4n) is 5.42. The lowest BCUT2D eigenvalue weighted by molar-refractivity contribution is 0.337. The zero-order valence-corrected chi connectivity index (χ0v) is 19.8. The van der Waals surface area contributed by atoms with Crippen LogP contribution in [0.25, 0.3) is 11.1 Å². The van der Waals surface area contributed by atoms with Gasteiger partial charge in [-0.3, -0.25) is 0 Å². The van der Waals surface area contributed by atoms with Crippen molar-refractivity contribution >= 4 is 0 Å². The largest absolute Gasteiger partial charge is 0.494 e. The maximum absolute atomic E-state index is 5.88. The van der Waals surface area contributed by atoms with Gasteiger partial charge in [-0.2, -0.15) is 0 Å². The van der Waals surface area contributed by atoms with Crippen LogP contribution in [-0.4, -0.2) is 13.2 Å². The summed E-state index contributed by atoms with van der Waals surface area (Å²) in [5, 5.41) is 0. The van der Waals surface area contributed by atoms with Crippen molar-refractivity contribution in [3.05, 3.63) is 118 Å². The fourth-order valence-corrected chi connectivity index (χ4v) is 5.42. The fraction of sp³-hybridized carbons (Fsp3) is 0.226. The zero-order valence-electron chi connectivity index (χ0n) is 19.8. The Balaban J connectivity index is 1.85. The third-order valence-electron chi connectivity index (χ3n) is 6.77. The van der Waals surface area contributed by atoms with Crippen LogP contribution in [0, 0.1) is 13.8 Å². The summed E-state index contributed by atoms with van der Waals surface area (Å²) in [5.74, 6) is 1.89. The highest BCUT2D eigenvalue weighted by Crippen LogP contribution is 2.56. The van der Waals surface area contributed by atoms with E-state index in [1.165, 1.54) is 33.4 Å². The molecule has 0 spiro atoms. The lowest BCUT2D eigenvalue weighted by Gasteiger charge is -2.34. The molecule has 0 atom stereocenters. The molecule has 0 N–H and O–H groups in total. The van der Waals surface area contributed by atoms with E-state index in [1.807, 2.05) is 13.8 Å². The first kappa shape index (κ1) is 21.3. The van der Waals surface area contributed by atoms with E-state index >= 15 is 0 Å². The molecule has 1 aliphatic carbocycles. The smallest absolute Gasteiger partial charge is 0.122 e. The second kappa shape index (κ2) is 8.44. The van der Waals surface area contributed by atoms with Crippen LogP contribution in [0.4, 0.5) is 0 Å². The molecule has 0 unspecified atom stereocenters. The van der Waals surface area contributed by atoms with Crippen molar-refractivity contribution in [3.63, 3.8) is 0 Å². The molecule has 2 nitrogen and oxygen atoms in total. The Morgan fingerprint density at radius 3 is 1.39 bits per heavy atom. The predicted molar refractivity (Wildman–Crippen MR) is 136 cm³/mol. The quantitative estimate of drug-likeness (QED) is 0.276. The Morgan fingerprint density at radius 2 is 1.00 bits per heavy atom. The van der Waals surface area contributed by atoms with Crippen molar-refractivity contribution in [1.82, 2.24) is 0 Å². The molecule has 0 fully saturated rings. The lowest BCUT2D eigenvalue weighted by atomic mass is 9.67. The molecule has 0 radical (unpaired) electrons. The SMILES string of the molecule is CCOc1ccc(C2(c3ccc(OCC)c(C)c3)c3ccccc3-c3ccccc32)cc1C. The number of rotatable bonds is 6. The molecule has 0 saturated carbocycles. The summed E-state index contributed by atoms with van der Waals surface area (Å²) in [7, 11) is 0. The Bertz CT molecular complexity index is 1220. The molecule has 0 bridgehead atoms. The van der Waals surface area contributed by atoms with E-state index in [9.17, 15) is 0 Å². The Labute approximate surface area is 196 Å². The van der Waals surface area contributed by atoms with Crippen LogP contribution in [0.5, 0.6) is 11.5 Å². The monoisotopic (exact) mass is 434 g/mol. The summed E-state index contributed by atoms with van der Waals surface area (Å²) < 4.78 is 11.8. The number of fused-ring (bicyclic) bond motifs is 3. The molecule has 5 rings (SSSR count). The maximum atomic E-state index is 5.88. The van der Waals surface area contributed by atoms with E-state index in [0.717, 1.165) is 22.6 Å². The molecule has 4 aromatic carbocycles. The molecule has 166 valence electrons. The normalized spacial score (nSPS) is 13.3. The standard InChI is InChI=1S/C31H30O2/c1-5-32-29-17-15-23(19-21(29)3)31(24-16-18-30(33-6-2)22(4)20-24)27-13-9-7-11-25(27)26-12-8-10-14-28(26)31/h7-20H,5-6H2,1-4H3. The van der Waals surface area contributed by atoms with E-state index < -0.39 is 5.41 Å². The number of ether oxygens (including phenoxy) is 2. The van der Waals surface area contributed by atoms with Crippen LogP contribution in [-0.2, 0) is 5.41 Å². The van der Waals surface area contributed by atoms with Gasteiger partial charge in [0.15, 0.2) is 0 Å². The van der Waals surface area contributed by atoms with E-state index in [1.54, 1.807) is 0 Å². The van der Waals surface area contributed by atoms with Crippen molar-refractivity contribution < 1.29 is 9.47 Å². The van der Waals surface area contributed by atoms with Crippen molar-refractivity contribution in [3.8, 4) is 22.6 Å². The first-order valence-electron chi connectivity index (χ1n) is 11.8. The third kappa shape index (κ3) is 3.24. The Hall–Kier alpha value is -3.52. The zero-order chi connectivity index (χ0) is 23.0. The molecule has 0 aromatic heterocycles. The first-order chi connectivity index (χ1) is 16.1. The number of benzene rings is 4. The van der Waals surface area contributed by atoms with Gasteiger partial charge in [0.2, 0.25) is 0 Å². The van der Waals surface area contributed by atoms with Crippen LogP contribution >= 0.6 is 0 Å². The maximum Gasteiger partial charge on any atom is 0.122 e. The van der Waals surface area contributed by atoms with Gasteiger partial charge >= 0.3 is 0 Å². The Morgan fingerprint density at radius 1 is 0.576 bits per heavy atom. The van der Waals surface area contributed by atoms with E-state index in [4.69, 9.17) is 9.47 Å². The highest BCUT2D eigenvalue weighted by Gasteiger charge is 2.46. The second-order valence-electron chi connectivity index (χ2n) is 8.67. The summed E-state index contributed by atoms with van der Waals surface area (Å²) in [6.07, 6.45) is 0. The molecule has 0 amide bonds. The van der Waals surface area contributed by atoms with E-state index in [-0.39, 0.29) is 0 Å². The van der Waals surface area contributed by atoms with Crippen molar-refractivity contribution in [2.24, 2.45) is 0 Å². The van der Waals surface area contributed by atoms with Gasteiger partial charge in [-0.15, -0.1) is 0 Å². The minimum atomic E-state index is -0.405. The van der Waals surface area contributed by atoms with Crippen molar-refractivity contribution in [2.75, 3.05) is 13.2 Å². The molecule has 0 saturated heterocycles. The average molecular weight is 435 g/mol. The van der Waals surface area contributed by atoms with Crippen LogP contribution in [0.3, 0.4) is 0 Å². The number of hydrogen-bond donors (Lipinski definition) is 0. The predicted octanol–water partition coefficient (Wildman–Crippen LogP) is 7.46. The van der Waals surface area contributed by atoms with Crippen LogP contribution < -0.4 is 9.47 Å². The first-order valence-corrected chi connectivity index (χ1v) is 11.8. The summed E-state index contributed by atoms with van der Waals surface area (Å²) in [6, 6.07) is 31.0. The summed E-state index contributed by atoms with van der Waals surface area (Å²) >= 11 is 0.